The smallest absolute Gasteiger partial charge is 0.311 e. The first-order chi connectivity index (χ1) is 15.6. The van der Waals surface area contributed by atoms with E-state index in [9.17, 15) is 14.7 Å². The van der Waals surface area contributed by atoms with Gasteiger partial charge in [0.2, 0.25) is 0 Å². The van der Waals surface area contributed by atoms with Gasteiger partial charge in [-0.05, 0) is 36.5 Å². The van der Waals surface area contributed by atoms with Crippen LogP contribution in [-0.4, -0.2) is 46.8 Å². The van der Waals surface area contributed by atoms with E-state index in [-0.39, 0.29) is 36.1 Å². The van der Waals surface area contributed by atoms with Crippen LogP contribution in [0.5, 0.6) is 0 Å². The minimum absolute atomic E-state index is 0.0248. The number of carbonyl (C=O) groups is 1. The molecule has 4 atom stereocenters. The van der Waals surface area contributed by atoms with E-state index in [2.05, 4.69) is 4.90 Å². The fourth-order valence-electron chi connectivity index (χ4n) is 6.38. The Morgan fingerprint density at radius 2 is 1.84 bits per heavy atom. The van der Waals surface area contributed by atoms with E-state index in [1.165, 1.54) is 39.2 Å². The van der Waals surface area contributed by atoms with E-state index in [4.69, 9.17) is 4.74 Å². The molecule has 3 heterocycles. The van der Waals surface area contributed by atoms with Gasteiger partial charge in [0, 0.05) is 42.9 Å². The number of rotatable bonds is 5. The van der Waals surface area contributed by atoms with E-state index in [0.717, 1.165) is 17.8 Å². The van der Waals surface area contributed by atoms with Crippen LogP contribution < -0.4 is 5.56 Å². The van der Waals surface area contributed by atoms with Crippen LogP contribution in [0.15, 0.2) is 47.3 Å². The first-order valence-corrected chi connectivity index (χ1v) is 11.9. The van der Waals surface area contributed by atoms with E-state index in [1.807, 2.05) is 47.0 Å². The second-order valence-corrected chi connectivity index (χ2v) is 9.56. The number of aliphatic hydroxyl groups excluding tert-OH is 1. The van der Waals surface area contributed by atoms with Gasteiger partial charge in [-0.2, -0.15) is 0 Å². The first-order valence-electron chi connectivity index (χ1n) is 11.9. The molecule has 2 fully saturated rings. The van der Waals surface area contributed by atoms with Gasteiger partial charge in [0.05, 0.1) is 19.1 Å². The molecule has 3 aliphatic rings. The predicted octanol–water partition coefficient (Wildman–Crippen LogP) is 3.23. The summed E-state index contributed by atoms with van der Waals surface area (Å²) in [5.74, 6) is -0.394. The fourth-order valence-corrected chi connectivity index (χ4v) is 6.38. The molecule has 6 nitrogen and oxygen atoms in total. The number of aliphatic hydroxyl groups is 1. The maximum atomic E-state index is 13.5. The summed E-state index contributed by atoms with van der Waals surface area (Å²) in [6.07, 6.45) is 6.24. The number of pyridine rings is 1. The molecule has 1 aromatic heterocycles. The van der Waals surface area contributed by atoms with Crippen LogP contribution in [0.2, 0.25) is 0 Å². The third kappa shape index (κ3) is 3.50. The Morgan fingerprint density at radius 1 is 1.09 bits per heavy atom. The van der Waals surface area contributed by atoms with Crippen molar-refractivity contribution in [1.29, 1.82) is 0 Å². The largest absolute Gasteiger partial charge is 0.469 e. The van der Waals surface area contributed by atoms with Crippen molar-refractivity contribution >= 4 is 5.97 Å². The molecule has 1 N–H and O–H groups in total. The minimum Gasteiger partial charge on any atom is -0.469 e. The summed E-state index contributed by atoms with van der Waals surface area (Å²) in [7, 11) is 1.41. The molecule has 1 aliphatic carbocycles. The van der Waals surface area contributed by atoms with Gasteiger partial charge in [0.15, 0.2) is 0 Å². The lowest BCUT2D eigenvalue weighted by molar-refractivity contribution is -0.148. The molecule has 0 amide bonds. The van der Waals surface area contributed by atoms with Crippen LogP contribution in [0, 0.1) is 17.8 Å². The van der Waals surface area contributed by atoms with Gasteiger partial charge in [-0.3, -0.25) is 14.5 Å². The monoisotopic (exact) mass is 436 g/mol. The quantitative estimate of drug-likeness (QED) is 0.729. The topological polar surface area (TPSA) is 71.8 Å². The second kappa shape index (κ2) is 8.83. The van der Waals surface area contributed by atoms with Gasteiger partial charge in [0.25, 0.3) is 5.56 Å². The summed E-state index contributed by atoms with van der Waals surface area (Å²) in [6.45, 7) is 1.32. The Hall–Kier alpha value is -2.44. The molecule has 1 saturated heterocycles. The van der Waals surface area contributed by atoms with Crippen molar-refractivity contribution in [1.82, 2.24) is 9.47 Å². The highest BCUT2D eigenvalue weighted by Crippen LogP contribution is 2.49. The molecule has 0 spiro atoms. The SMILES string of the molecule is COC(=O)[C@H]1[C@H](CO)[C@H]2Cn3c(ccc(-c4ccccc4)c3=O)[C@@H]1N2CC1CCCCC1. The Balaban J connectivity index is 1.58. The first kappa shape index (κ1) is 21.4. The number of methoxy groups -OCH3 is 1. The zero-order valence-corrected chi connectivity index (χ0v) is 18.7. The molecule has 32 heavy (non-hydrogen) atoms. The van der Waals surface area contributed by atoms with E-state index in [0.29, 0.717) is 18.0 Å². The molecule has 6 heteroatoms. The van der Waals surface area contributed by atoms with Crippen molar-refractivity contribution < 1.29 is 14.6 Å². The maximum Gasteiger partial charge on any atom is 0.311 e. The van der Waals surface area contributed by atoms with Crippen molar-refractivity contribution in [2.24, 2.45) is 17.8 Å². The van der Waals surface area contributed by atoms with Gasteiger partial charge in [-0.25, -0.2) is 0 Å². The number of benzene rings is 1. The third-order valence-electron chi connectivity index (χ3n) is 7.92. The molecule has 0 radical (unpaired) electrons. The average Bonchev–Trinajstić information content (AvgIpc) is 3.04. The van der Waals surface area contributed by atoms with Gasteiger partial charge in [0.1, 0.15) is 0 Å². The van der Waals surface area contributed by atoms with E-state index in [1.54, 1.807) is 0 Å². The van der Waals surface area contributed by atoms with Gasteiger partial charge in [-0.1, -0.05) is 49.6 Å². The Bertz CT molecular complexity index is 1030. The zero-order chi connectivity index (χ0) is 22.2. The summed E-state index contributed by atoms with van der Waals surface area (Å²) < 4.78 is 7.03. The molecule has 1 saturated carbocycles. The lowest BCUT2D eigenvalue weighted by Gasteiger charge is -2.40. The second-order valence-electron chi connectivity index (χ2n) is 9.56. The summed E-state index contributed by atoms with van der Waals surface area (Å²) in [5, 5.41) is 10.3. The molecule has 170 valence electrons. The molecule has 2 aliphatic heterocycles. The molecule has 0 unspecified atom stereocenters. The van der Waals surface area contributed by atoms with E-state index >= 15 is 0 Å². The van der Waals surface area contributed by atoms with Crippen molar-refractivity contribution in [2.75, 3.05) is 20.3 Å². The van der Waals surface area contributed by atoms with Crippen molar-refractivity contribution in [3.8, 4) is 11.1 Å². The maximum absolute atomic E-state index is 13.5. The normalized spacial score (nSPS) is 27.8. The van der Waals surface area contributed by atoms with E-state index < -0.39 is 5.92 Å². The van der Waals surface area contributed by atoms with Crippen LogP contribution in [0.25, 0.3) is 11.1 Å². The highest BCUT2D eigenvalue weighted by molar-refractivity contribution is 5.75. The number of hydrogen-bond acceptors (Lipinski definition) is 5. The number of ether oxygens (including phenoxy) is 1. The molecule has 2 bridgehead atoms. The lowest BCUT2D eigenvalue weighted by Crippen LogP contribution is -2.48. The molecule has 5 rings (SSSR count). The molecule has 1 aromatic carbocycles. The number of aromatic nitrogens is 1. The number of esters is 1. The zero-order valence-electron chi connectivity index (χ0n) is 18.7. The standard InChI is InChI=1S/C26H32N2O4/c1-32-26(31)23-20(16-29)22-15-28-21(24(23)27(22)14-17-8-4-2-5-9-17)13-12-19(25(28)30)18-10-6-3-7-11-18/h3,6-7,10-13,17,20,22-24,29H,2,4-5,8-9,14-16H2,1H3/t20-,22-,23+,24+/m1/s1. The Kier molecular flexibility index (Phi) is 5.91. The van der Waals surface area contributed by atoms with Crippen LogP contribution in [0.1, 0.15) is 43.8 Å². The van der Waals surface area contributed by atoms with Crippen LogP contribution in [0.4, 0.5) is 0 Å². The minimum atomic E-state index is -0.464. The van der Waals surface area contributed by atoms with Crippen LogP contribution in [0.3, 0.4) is 0 Å². The lowest BCUT2D eigenvalue weighted by atomic mass is 9.87. The van der Waals surface area contributed by atoms with Crippen molar-refractivity contribution in [2.45, 2.75) is 50.7 Å². The number of fused-ring (bicyclic) bond motifs is 4. The summed E-state index contributed by atoms with van der Waals surface area (Å²) in [6, 6.07) is 13.3. The van der Waals surface area contributed by atoms with Gasteiger partial charge in [-0.15, -0.1) is 0 Å². The Labute approximate surface area is 188 Å². The van der Waals surface area contributed by atoms with Crippen LogP contribution in [-0.2, 0) is 16.1 Å². The molecule has 2 aromatic rings. The van der Waals surface area contributed by atoms with Crippen molar-refractivity contribution in [3.63, 3.8) is 0 Å². The molecular weight excluding hydrogens is 404 g/mol. The summed E-state index contributed by atoms with van der Waals surface area (Å²) in [5.41, 5.74) is 2.41. The highest BCUT2D eigenvalue weighted by Gasteiger charge is 2.56. The predicted molar refractivity (Wildman–Crippen MR) is 122 cm³/mol. The van der Waals surface area contributed by atoms with Gasteiger partial charge >= 0.3 is 5.97 Å². The summed E-state index contributed by atoms with van der Waals surface area (Å²) >= 11 is 0. The van der Waals surface area contributed by atoms with Gasteiger partial charge < -0.3 is 14.4 Å². The van der Waals surface area contributed by atoms with Crippen molar-refractivity contribution in [3.05, 3.63) is 58.5 Å². The molecular formula is C26H32N2O4. The number of hydrogen-bond donors (Lipinski definition) is 1. The third-order valence-corrected chi connectivity index (χ3v) is 7.92. The highest BCUT2D eigenvalue weighted by atomic mass is 16.5. The summed E-state index contributed by atoms with van der Waals surface area (Å²) in [4.78, 5) is 28.8. The Morgan fingerprint density at radius 3 is 2.53 bits per heavy atom. The number of nitrogens with zero attached hydrogens (tertiary/aromatic N) is 2. The van der Waals surface area contributed by atoms with Crippen LogP contribution >= 0.6 is 0 Å². The number of carbonyl (C=O) groups excluding carboxylic acids is 1. The average molecular weight is 437 g/mol. The fraction of sp³-hybridized carbons (Fsp3) is 0.538.